The van der Waals surface area contributed by atoms with Crippen molar-refractivity contribution in [2.24, 2.45) is 0 Å². The molecule has 0 aliphatic carbocycles. The van der Waals surface area contributed by atoms with Crippen molar-refractivity contribution in [3.63, 3.8) is 0 Å². The van der Waals surface area contributed by atoms with Crippen molar-refractivity contribution in [3.8, 4) is 5.88 Å². The zero-order chi connectivity index (χ0) is 10.1. The minimum atomic E-state index is 0.476. The number of fused-ring (bicyclic) bond motifs is 1. The Morgan fingerprint density at radius 3 is 2.79 bits per heavy atom. The second-order valence-corrected chi connectivity index (χ2v) is 4.22. The maximum Gasteiger partial charge on any atom is 0.222 e. The lowest BCUT2D eigenvalue weighted by Crippen LogP contribution is -1.91. The van der Waals surface area contributed by atoms with Gasteiger partial charge >= 0.3 is 0 Å². The van der Waals surface area contributed by atoms with E-state index in [0.29, 0.717) is 11.0 Å². The summed E-state index contributed by atoms with van der Waals surface area (Å²) in [4.78, 5) is 8.14. The molecule has 3 nitrogen and oxygen atoms in total. The summed E-state index contributed by atoms with van der Waals surface area (Å²) in [5.41, 5.74) is 0. The fourth-order valence-electron chi connectivity index (χ4n) is 1.21. The Morgan fingerprint density at radius 1 is 1.29 bits per heavy atom. The molecule has 0 radical (unpaired) electrons. The summed E-state index contributed by atoms with van der Waals surface area (Å²) in [7, 11) is 1.59. The van der Waals surface area contributed by atoms with E-state index in [0.717, 1.165) is 14.3 Å². The number of aromatic nitrogens is 2. The van der Waals surface area contributed by atoms with Gasteiger partial charge in [0.05, 0.1) is 12.5 Å². The van der Waals surface area contributed by atoms with Crippen molar-refractivity contribution < 1.29 is 4.74 Å². The Bertz CT molecular complexity index is 489. The van der Waals surface area contributed by atoms with E-state index in [2.05, 4.69) is 32.6 Å². The molecule has 0 saturated carbocycles. The van der Waals surface area contributed by atoms with E-state index >= 15 is 0 Å². The number of hydrogen-bond acceptors (Lipinski definition) is 3. The normalized spacial score (nSPS) is 10.5. The average Bonchev–Trinajstić information content (AvgIpc) is 2.19. The second-order valence-electron chi connectivity index (χ2n) is 2.67. The van der Waals surface area contributed by atoms with Crippen LogP contribution in [0, 0.1) is 3.57 Å². The maximum atomic E-state index is 5.81. The van der Waals surface area contributed by atoms with Gasteiger partial charge in [0, 0.05) is 21.4 Å². The van der Waals surface area contributed by atoms with Gasteiger partial charge in [-0.3, -0.25) is 0 Å². The van der Waals surface area contributed by atoms with Gasteiger partial charge in [-0.05, 0) is 28.7 Å². The lowest BCUT2D eigenvalue weighted by Gasteiger charge is -2.05. The monoisotopic (exact) mass is 320 g/mol. The van der Waals surface area contributed by atoms with Crippen LogP contribution in [-0.4, -0.2) is 17.1 Å². The smallest absolute Gasteiger partial charge is 0.222 e. The number of ether oxygens (including phenoxy) is 1. The van der Waals surface area contributed by atoms with Crippen LogP contribution in [-0.2, 0) is 0 Å². The molecule has 14 heavy (non-hydrogen) atoms. The number of halogens is 2. The molecule has 2 heterocycles. The first-order chi connectivity index (χ1) is 6.72. The molecule has 0 aliphatic rings. The van der Waals surface area contributed by atoms with Crippen LogP contribution in [0.3, 0.4) is 0 Å². The standard InChI is InChI=1S/C9H6ClIN2O/c1-14-9-6-3-12-8(10)2-5(6)7(11)4-13-9/h2-4H,1H3. The zero-order valence-electron chi connectivity index (χ0n) is 7.29. The topological polar surface area (TPSA) is 35.0 Å². The molecular weight excluding hydrogens is 314 g/mol. The van der Waals surface area contributed by atoms with Crippen LogP contribution < -0.4 is 4.74 Å². The Kier molecular flexibility index (Phi) is 2.73. The van der Waals surface area contributed by atoms with Crippen LogP contribution >= 0.6 is 34.2 Å². The minimum Gasteiger partial charge on any atom is -0.481 e. The minimum absolute atomic E-state index is 0.476. The lowest BCUT2D eigenvalue weighted by molar-refractivity contribution is 0.403. The van der Waals surface area contributed by atoms with Gasteiger partial charge in [0.25, 0.3) is 0 Å². The van der Waals surface area contributed by atoms with E-state index in [1.807, 2.05) is 6.07 Å². The van der Waals surface area contributed by atoms with Crippen molar-refractivity contribution >= 4 is 45.0 Å². The molecular formula is C9H6ClIN2O. The van der Waals surface area contributed by atoms with Gasteiger partial charge in [-0.15, -0.1) is 0 Å². The van der Waals surface area contributed by atoms with Crippen LogP contribution in [0.25, 0.3) is 10.8 Å². The third-order valence-corrected chi connectivity index (χ3v) is 2.91. The Morgan fingerprint density at radius 2 is 2.07 bits per heavy atom. The van der Waals surface area contributed by atoms with Crippen molar-refractivity contribution in [1.29, 1.82) is 0 Å². The van der Waals surface area contributed by atoms with Gasteiger partial charge in [-0.1, -0.05) is 11.6 Å². The van der Waals surface area contributed by atoms with Crippen LogP contribution in [0.4, 0.5) is 0 Å². The van der Waals surface area contributed by atoms with E-state index < -0.39 is 0 Å². The van der Waals surface area contributed by atoms with Crippen molar-refractivity contribution in [2.45, 2.75) is 0 Å². The van der Waals surface area contributed by atoms with Crippen LogP contribution in [0.1, 0.15) is 0 Å². The SMILES string of the molecule is COc1ncc(I)c2cc(Cl)ncc12. The summed E-state index contributed by atoms with van der Waals surface area (Å²) >= 11 is 8.01. The third kappa shape index (κ3) is 1.64. The predicted octanol–water partition coefficient (Wildman–Crippen LogP) is 2.90. The van der Waals surface area contributed by atoms with E-state index in [1.54, 1.807) is 19.5 Å². The van der Waals surface area contributed by atoms with Gasteiger partial charge in [0.2, 0.25) is 5.88 Å². The Labute approximate surface area is 99.6 Å². The molecule has 5 heteroatoms. The number of nitrogens with zero attached hydrogens (tertiary/aromatic N) is 2. The van der Waals surface area contributed by atoms with Gasteiger partial charge in [-0.25, -0.2) is 9.97 Å². The molecule has 72 valence electrons. The highest BCUT2D eigenvalue weighted by Crippen LogP contribution is 2.27. The number of pyridine rings is 2. The molecule has 0 saturated heterocycles. The highest BCUT2D eigenvalue weighted by molar-refractivity contribution is 14.1. The number of rotatable bonds is 1. The molecule has 2 aromatic rings. The second kappa shape index (κ2) is 3.86. The van der Waals surface area contributed by atoms with E-state index in [9.17, 15) is 0 Å². The molecule has 0 aromatic carbocycles. The highest BCUT2D eigenvalue weighted by atomic mass is 127. The van der Waals surface area contributed by atoms with Gasteiger partial charge in [0.15, 0.2) is 0 Å². The largest absolute Gasteiger partial charge is 0.481 e. The molecule has 0 spiro atoms. The first kappa shape index (κ1) is 9.92. The molecule has 0 atom stereocenters. The van der Waals surface area contributed by atoms with Gasteiger partial charge < -0.3 is 4.74 Å². The predicted molar refractivity (Wildman–Crippen MR) is 63.8 cm³/mol. The summed E-state index contributed by atoms with van der Waals surface area (Å²) in [5, 5.41) is 2.37. The molecule has 2 rings (SSSR count). The quantitative estimate of drug-likeness (QED) is 0.598. The first-order valence-corrected chi connectivity index (χ1v) is 5.32. The van der Waals surface area contributed by atoms with E-state index in [-0.39, 0.29) is 0 Å². The summed E-state index contributed by atoms with van der Waals surface area (Å²) in [5.74, 6) is 0.574. The van der Waals surface area contributed by atoms with Crippen molar-refractivity contribution in [3.05, 3.63) is 27.2 Å². The van der Waals surface area contributed by atoms with Gasteiger partial charge in [0.1, 0.15) is 5.15 Å². The van der Waals surface area contributed by atoms with Crippen molar-refractivity contribution in [1.82, 2.24) is 9.97 Å². The summed E-state index contributed by atoms with van der Waals surface area (Å²) in [6, 6.07) is 1.81. The highest BCUT2D eigenvalue weighted by Gasteiger charge is 2.06. The number of methoxy groups -OCH3 is 1. The van der Waals surface area contributed by atoms with Crippen LogP contribution in [0.15, 0.2) is 18.5 Å². The molecule has 2 aromatic heterocycles. The fourth-order valence-corrected chi connectivity index (χ4v) is 1.96. The maximum absolute atomic E-state index is 5.81. The molecule has 0 aliphatic heterocycles. The summed E-state index contributed by atoms with van der Waals surface area (Å²) in [6.45, 7) is 0. The summed E-state index contributed by atoms with van der Waals surface area (Å²) in [6.07, 6.45) is 3.42. The molecule has 0 fully saturated rings. The molecule has 0 amide bonds. The fraction of sp³-hybridized carbons (Fsp3) is 0.111. The lowest BCUT2D eigenvalue weighted by atomic mass is 10.2. The Balaban J connectivity index is 2.84. The molecule has 0 bridgehead atoms. The first-order valence-electron chi connectivity index (χ1n) is 3.86. The average molecular weight is 321 g/mol. The Hall–Kier alpha value is -0.620. The van der Waals surface area contributed by atoms with Crippen LogP contribution in [0.5, 0.6) is 5.88 Å². The van der Waals surface area contributed by atoms with Crippen LogP contribution in [0.2, 0.25) is 5.15 Å². The third-order valence-electron chi connectivity index (χ3n) is 1.85. The van der Waals surface area contributed by atoms with Gasteiger partial charge in [-0.2, -0.15) is 0 Å². The van der Waals surface area contributed by atoms with E-state index in [4.69, 9.17) is 16.3 Å². The van der Waals surface area contributed by atoms with E-state index in [1.165, 1.54) is 0 Å². The zero-order valence-corrected chi connectivity index (χ0v) is 10.2. The molecule has 0 N–H and O–H groups in total. The number of hydrogen-bond donors (Lipinski definition) is 0. The summed E-state index contributed by atoms with van der Waals surface area (Å²) < 4.78 is 6.16. The van der Waals surface area contributed by atoms with Crippen molar-refractivity contribution in [2.75, 3.05) is 7.11 Å². The molecule has 0 unspecified atom stereocenters.